The smallest absolute Gasteiger partial charge is 0.225 e. The molecule has 254 valence electrons. The van der Waals surface area contributed by atoms with Gasteiger partial charge in [-0.15, -0.1) is 0 Å². The van der Waals surface area contributed by atoms with Gasteiger partial charge in [0.2, 0.25) is 18.3 Å². The van der Waals surface area contributed by atoms with Crippen LogP contribution in [0, 0.1) is 0 Å². The summed E-state index contributed by atoms with van der Waals surface area (Å²) in [6.07, 6.45) is 8.79. The van der Waals surface area contributed by atoms with Crippen molar-refractivity contribution in [2.75, 3.05) is 50.1 Å². The van der Waals surface area contributed by atoms with Crippen LogP contribution in [0.2, 0.25) is 0 Å². The molecule has 0 bridgehead atoms. The van der Waals surface area contributed by atoms with Crippen LogP contribution in [0.4, 0.5) is 11.9 Å². The number of nitrogens with zero attached hydrogens (tertiary/aromatic N) is 7. The van der Waals surface area contributed by atoms with Gasteiger partial charge >= 0.3 is 0 Å². The van der Waals surface area contributed by atoms with Crippen LogP contribution in [-0.4, -0.2) is 83.6 Å². The van der Waals surface area contributed by atoms with Crippen LogP contribution < -0.4 is 15.1 Å². The predicted molar refractivity (Wildman–Crippen MR) is 203 cm³/mol. The summed E-state index contributed by atoms with van der Waals surface area (Å²) < 4.78 is 0. The highest BCUT2D eigenvalue weighted by atomic mass is 16.1. The summed E-state index contributed by atoms with van der Waals surface area (Å²) in [4.78, 5) is 35.7. The molecule has 1 amide bonds. The molecule has 0 spiro atoms. The Hall–Kier alpha value is -5.41. The SMILES string of the molecule is CN(c1nccc(-c2ccc3ccccc3c2)n1)C1CCN(C=O)CC1.CN(c1nccc(-c2ccc3ccccc3c2)n1)C1CCNCC1. The maximum Gasteiger partial charge on any atom is 0.225 e. The molecule has 1 N–H and O–H groups in total. The number of anilines is 2. The van der Waals surface area contributed by atoms with Crippen molar-refractivity contribution in [1.82, 2.24) is 30.2 Å². The van der Waals surface area contributed by atoms with Gasteiger partial charge in [-0.05, 0) is 84.6 Å². The molecule has 2 saturated heterocycles. The molecule has 0 atom stereocenters. The van der Waals surface area contributed by atoms with Crippen molar-refractivity contribution < 1.29 is 4.79 Å². The number of carbonyl (C=O) groups excluding carboxylic acids is 1. The van der Waals surface area contributed by atoms with Crippen LogP contribution >= 0.6 is 0 Å². The fraction of sp³-hybridized carbons (Fsp3) is 0.293. The first-order chi connectivity index (χ1) is 24.6. The third-order valence-corrected chi connectivity index (χ3v) is 10.1. The van der Waals surface area contributed by atoms with E-state index in [4.69, 9.17) is 9.97 Å². The Labute approximate surface area is 294 Å². The third kappa shape index (κ3) is 7.58. The zero-order valence-electron chi connectivity index (χ0n) is 28.8. The molecule has 4 heterocycles. The number of fused-ring (bicyclic) bond motifs is 2. The van der Waals surface area contributed by atoms with E-state index in [1.807, 2.05) is 36.5 Å². The summed E-state index contributed by atoms with van der Waals surface area (Å²) in [5.74, 6) is 1.55. The average molecular weight is 665 g/mol. The first-order valence-electron chi connectivity index (χ1n) is 17.6. The monoisotopic (exact) mass is 664 g/mol. The van der Waals surface area contributed by atoms with Crippen molar-refractivity contribution in [3.8, 4) is 22.5 Å². The first-order valence-corrected chi connectivity index (χ1v) is 17.6. The Morgan fingerprint density at radius 1 is 0.620 bits per heavy atom. The topological polar surface area (TPSA) is 90.4 Å². The number of likely N-dealkylation sites (tertiary alicyclic amines) is 1. The van der Waals surface area contributed by atoms with E-state index in [-0.39, 0.29) is 0 Å². The lowest BCUT2D eigenvalue weighted by molar-refractivity contribution is -0.119. The number of hydrogen-bond donors (Lipinski definition) is 1. The Morgan fingerprint density at radius 2 is 1.08 bits per heavy atom. The van der Waals surface area contributed by atoms with Gasteiger partial charge in [-0.1, -0.05) is 72.8 Å². The lowest BCUT2D eigenvalue weighted by Gasteiger charge is -2.35. The zero-order valence-corrected chi connectivity index (χ0v) is 28.8. The Bertz CT molecular complexity index is 2050. The molecule has 2 aromatic heterocycles. The zero-order chi connectivity index (χ0) is 34.3. The van der Waals surface area contributed by atoms with Crippen molar-refractivity contribution >= 4 is 39.9 Å². The van der Waals surface area contributed by atoms with E-state index in [9.17, 15) is 4.79 Å². The number of carbonyl (C=O) groups is 1. The summed E-state index contributed by atoms with van der Waals surface area (Å²) in [7, 11) is 4.15. The van der Waals surface area contributed by atoms with Crippen molar-refractivity contribution in [2.45, 2.75) is 37.8 Å². The highest BCUT2D eigenvalue weighted by Gasteiger charge is 2.24. The highest BCUT2D eigenvalue weighted by Crippen LogP contribution is 2.27. The van der Waals surface area contributed by atoms with Crippen molar-refractivity contribution in [1.29, 1.82) is 0 Å². The van der Waals surface area contributed by atoms with E-state index in [1.165, 1.54) is 21.5 Å². The van der Waals surface area contributed by atoms with Crippen molar-refractivity contribution in [2.24, 2.45) is 0 Å². The number of aromatic nitrogens is 4. The molecule has 0 aliphatic carbocycles. The Balaban J connectivity index is 0.000000157. The van der Waals surface area contributed by atoms with Gasteiger partial charge in [-0.25, -0.2) is 19.9 Å². The quantitative estimate of drug-likeness (QED) is 0.186. The molecule has 4 aromatic carbocycles. The molecule has 9 heteroatoms. The number of hydrogen-bond acceptors (Lipinski definition) is 8. The number of amides is 1. The van der Waals surface area contributed by atoms with Gasteiger partial charge in [0.05, 0.1) is 11.4 Å². The Kier molecular flexibility index (Phi) is 10.2. The molecule has 50 heavy (non-hydrogen) atoms. The fourth-order valence-corrected chi connectivity index (χ4v) is 6.95. The summed E-state index contributed by atoms with van der Waals surface area (Å²) in [6, 6.07) is 34.5. The molecule has 8 rings (SSSR count). The minimum absolute atomic E-state index is 0.359. The maximum atomic E-state index is 10.9. The lowest BCUT2D eigenvalue weighted by atomic mass is 10.0. The maximum absolute atomic E-state index is 10.9. The van der Waals surface area contributed by atoms with Crippen LogP contribution in [-0.2, 0) is 4.79 Å². The number of piperidine rings is 2. The minimum Gasteiger partial charge on any atom is -0.345 e. The van der Waals surface area contributed by atoms with E-state index in [1.54, 1.807) is 0 Å². The van der Waals surface area contributed by atoms with Gasteiger partial charge in [0.15, 0.2) is 0 Å². The van der Waals surface area contributed by atoms with Gasteiger partial charge in [0.25, 0.3) is 0 Å². The normalized spacial score (nSPS) is 15.4. The number of rotatable bonds is 7. The van der Waals surface area contributed by atoms with Gasteiger partial charge < -0.3 is 20.0 Å². The molecular weight excluding hydrogens is 621 g/mol. The largest absolute Gasteiger partial charge is 0.345 e. The second-order valence-electron chi connectivity index (χ2n) is 13.2. The molecule has 0 radical (unpaired) electrons. The standard InChI is InChI=1S/C21H22N4O.C20H22N4/c1-24(19-9-12-25(15-26)13-10-19)21-22-11-8-20(23-21)18-7-6-16-4-2-3-5-17(16)14-18;1-24(18-8-11-21-12-9-18)20-22-13-10-19(23-20)17-7-6-15-4-2-3-5-16(15)14-17/h2-8,11,14-15,19H,9-10,12-13H2,1H3;2-7,10,13-14,18,21H,8-9,11-12H2,1H3. The number of nitrogens with one attached hydrogen (secondary N) is 1. The van der Waals surface area contributed by atoms with Crippen LogP contribution in [0.1, 0.15) is 25.7 Å². The predicted octanol–water partition coefficient (Wildman–Crippen LogP) is 6.84. The van der Waals surface area contributed by atoms with E-state index in [2.05, 4.69) is 117 Å². The summed E-state index contributed by atoms with van der Waals surface area (Å²) in [5, 5.41) is 8.33. The average Bonchev–Trinajstić information content (AvgIpc) is 3.20. The fourth-order valence-electron chi connectivity index (χ4n) is 6.95. The van der Waals surface area contributed by atoms with E-state index in [0.717, 1.165) is 92.7 Å². The van der Waals surface area contributed by atoms with E-state index in [0.29, 0.717) is 12.1 Å². The van der Waals surface area contributed by atoms with Gasteiger partial charge in [0, 0.05) is 62.8 Å². The van der Waals surface area contributed by atoms with Gasteiger partial charge in [-0.2, -0.15) is 0 Å². The minimum atomic E-state index is 0.359. The van der Waals surface area contributed by atoms with Crippen molar-refractivity contribution in [3.63, 3.8) is 0 Å². The van der Waals surface area contributed by atoms with E-state index < -0.39 is 0 Å². The lowest BCUT2D eigenvalue weighted by Crippen LogP contribution is -2.43. The van der Waals surface area contributed by atoms with Crippen LogP contribution in [0.5, 0.6) is 0 Å². The molecule has 9 nitrogen and oxygen atoms in total. The molecular formula is C41H44N8O. The summed E-state index contributed by atoms with van der Waals surface area (Å²) in [6.45, 7) is 3.73. The molecule has 2 aliphatic heterocycles. The molecule has 2 aliphatic rings. The van der Waals surface area contributed by atoms with E-state index >= 15 is 0 Å². The molecule has 2 fully saturated rings. The van der Waals surface area contributed by atoms with Crippen LogP contribution in [0.3, 0.4) is 0 Å². The summed E-state index contributed by atoms with van der Waals surface area (Å²) in [5.41, 5.74) is 4.14. The summed E-state index contributed by atoms with van der Waals surface area (Å²) >= 11 is 0. The second-order valence-corrected chi connectivity index (χ2v) is 13.2. The van der Waals surface area contributed by atoms with Crippen molar-refractivity contribution in [3.05, 3.63) is 109 Å². The second kappa shape index (κ2) is 15.4. The number of benzene rings is 4. The van der Waals surface area contributed by atoms with Crippen LogP contribution in [0.15, 0.2) is 109 Å². The molecule has 0 unspecified atom stereocenters. The van der Waals surface area contributed by atoms with Gasteiger partial charge in [-0.3, -0.25) is 4.79 Å². The highest BCUT2D eigenvalue weighted by molar-refractivity contribution is 5.87. The van der Waals surface area contributed by atoms with Crippen LogP contribution in [0.25, 0.3) is 44.1 Å². The molecule has 0 saturated carbocycles. The Morgan fingerprint density at radius 3 is 1.56 bits per heavy atom. The molecule has 6 aromatic rings. The first kappa shape index (κ1) is 33.1. The van der Waals surface area contributed by atoms with Gasteiger partial charge in [0.1, 0.15) is 0 Å². The third-order valence-electron chi connectivity index (χ3n) is 10.1.